The lowest BCUT2D eigenvalue weighted by Crippen LogP contribution is -2.31. The number of hydrogen-bond donors (Lipinski definition) is 0. The predicted molar refractivity (Wildman–Crippen MR) is 90.1 cm³/mol. The molecule has 2 aromatic heterocycles. The molecule has 4 heterocycles. The van der Waals surface area contributed by atoms with Crippen molar-refractivity contribution in [3.8, 4) is 0 Å². The summed E-state index contributed by atoms with van der Waals surface area (Å²) in [5, 5.41) is 22.5. The van der Waals surface area contributed by atoms with Crippen LogP contribution in [-0.4, -0.2) is 38.4 Å². The minimum atomic E-state index is -0.623. The summed E-state index contributed by atoms with van der Waals surface area (Å²) >= 11 is 0. The highest BCUT2D eigenvalue weighted by Gasteiger charge is 2.52. The standard InChI is InChI=1S/2C9H9NO4/c2*1-13-9(11)8-7(14-8)6-4-2-3-5-10(6)12/h2*2-5,7-8H,1H3/t7-,8+;7-,8-/m00/s1. The molecular formula is C18H18N2O8. The van der Waals surface area contributed by atoms with Gasteiger partial charge in [-0.2, -0.15) is 9.46 Å². The largest absolute Gasteiger partial charge is 0.618 e. The first-order chi connectivity index (χ1) is 13.5. The van der Waals surface area contributed by atoms with Crippen molar-refractivity contribution in [2.75, 3.05) is 14.2 Å². The van der Waals surface area contributed by atoms with E-state index in [0.717, 1.165) is 0 Å². The van der Waals surface area contributed by atoms with E-state index < -0.39 is 36.4 Å². The lowest BCUT2D eigenvalue weighted by molar-refractivity contribution is -0.615. The molecule has 0 saturated carbocycles. The smallest absolute Gasteiger partial charge is 0.338 e. The minimum absolute atomic E-state index is 0.433. The highest BCUT2D eigenvalue weighted by Crippen LogP contribution is 2.38. The molecule has 2 fully saturated rings. The van der Waals surface area contributed by atoms with E-state index in [1.165, 1.54) is 26.6 Å². The van der Waals surface area contributed by atoms with Crippen molar-refractivity contribution in [1.82, 2.24) is 0 Å². The molecule has 4 rings (SSSR count). The van der Waals surface area contributed by atoms with E-state index in [1.807, 2.05) is 0 Å². The third kappa shape index (κ3) is 4.18. The van der Waals surface area contributed by atoms with Crippen LogP contribution in [0.2, 0.25) is 0 Å². The summed E-state index contributed by atoms with van der Waals surface area (Å²) in [5.41, 5.74) is 0.866. The van der Waals surface area contributed by atoms with Crippen LogP contribution in [0.3, 0.4) is 0 Å². The summed E-state index contributed by atoms with van der Waals surface area (Å²) in [4.78, 5) is 22.0. The molecule has 10 nitrogen and oxygen atoms in total. The fourth-order valence-corrected chi connectivity index (χ4v) is 2.59. The maximum atomic E-state index is 11.2. The van der Waals surface area contributed by atoms with Crippen LogP contribution in [0.5, 0.6) is 0 Å². The molecule has 0 radical (unpaired) electrons. The molecule has 0 spiro atoms. The maximum Gasteiger partial charge on any atom is 0.338 e. The SMILES string of the molecule is COC(=O)[C@@H]1O[C@H]1c1cccc[n+]1[O-].COC(=O)[C@H]1O[C@H]1c1cccc[n+]1[O-]. The van der Waals surface area contributed by atoms with Crippen molar-refractivity contribution in [3.05, 3.63) is 70.6 Å². The molecule has 148 valence electrons. The number of esters is 2. The fraction of sp³-hybridized carbons (Fsp3) is 0.333. The molecule has 0 amide bonds. The zero-order valence-electron chi connectivity index (χ0n) is 15.1. The van der Waals surface area contributed by atoms with Gasteiger partial charge in [-0.25, -0.2) is 9.59 Å². The van der Waals surface area contributed by atoms with Crippen LogP contribution in [0.4, 0.5) is 0 Å². The van der Waals surface area contributed by atoms with Crippen LogP contribution < -0.4 is 9.46 Å². The van der Waals surface area contributed by atoms with Crippen LogP contribution in [0, 0.1) is 10.4 Å². The summed E-state index contributed by atoms with van der Waals surface area (Å²) in [7, 11) is 2.58. The molecule has 10 heteroatoms. The molecule has 0 N–H and O–H groups in total. The number of rotatable bonds is 4. The quantitative estimate of drug-likeness (QED) is 0.305. The van der Waals surface area contributed by atoms with Gasteiger partial charge in [0.05, 0.1) is 14.2 Å². The fourth-order valence-electron chi connectivity index (χ4n) is 2.59. The molecule has 0 aromatic carbocycles. The van der Waals surface area contributed by atoms with Gasteiger partial charge in [0.1, 0.15) is 0 Å². The number of carbonyl (C=O) groups is 2. The molecule has 2 aliphatic heterocycles. The van der Waals surface area contributed by atoms with Gasteiger partial charge in [-0.05, 0) is 12.1 Å². The molecular weight excluding hydrogens is 372 g/mol. The lowest BCUT2D eigenvalue weighted by atomic mass is 10.2. The Balaban J connectivity index is 0.000000161. The first kappa shape index (κ1) is 19.5. The number of ether oxygens (including phenoxy) is 4. The Labute approximate surface area is 160 Å². The molecule has 2 saturated heterocycles. The average molecular weight is 390 g/mol. The molecule has 0 unspecified atom stereocenters. The van der Waals surface area contributed by atoms with E-state index in [-0.39, 0.29) is 0 Å². The van der Waals surface area contributed by atoms with Gasteiger partial charge in [0.2, 0.25) is 11.4 Å². The van der Waals surface area contributed by atoms with Crippen LogP contribution >= 0.6 is 0 Å². The highest BCUT2D eigenvalue weighted by atomic mass is 16.6. The van der Waals surface area contributed by atoms with E-state index in [0.29, 0.717) is 20.8 Å². The predicted octanol–water partition coefficient (Wildman–Crippen LogP) is -0.134. The van der Waals surface area contributed by atoms with Crippen molar-refractivity contribution in [3.63, 3.8) is 0 Å². The summed E-state index contributed by atoms with van der Waals surface area (Å²) in [6.07, 6.45) is 0.573. The number of nitrogens with zero attached hydrogens (tertiary/aromatic N) is 2. The van der Waals surface area contributed by atoms with Gasteiger partial charge < -0.3 is 29.4 Å². The van der Waals surface area contributed by atoms with Gasteiger partial charge in [0, 0.05) is 24.3 Å². The molecule has 2 aliphatic rings. The molecule has 2 aromatic rings. The first-order valence-corrected chi connectivity index (χ1v) is 8.30. The highest BCUT2D eigenvalue weighted by molar-refractivity contribution is 5.78. The van der Waals surface area contributed by atoms with Gasteiger partial charge in [-0.1, -0.05) is 0 Å². The molecule has 0 aliphatic carbocycles. The number of carbonyl (C=O) groups excluding carboxylic acids is 2. The van der Waals surface area contributed by atoms with Gasteiger partial charge in [0.25, 0.3) is 0 Å². The van der Waals surface area contributed by atoms with E-state index in [1.54, 1.807) is 36.4 Å². The van der Waals surface area contributed by atoms with Gasteiger partial charge >= 0.3 is 11.9 Å². The van der Waals surface area contributed by atoms with Crippen molar-refractivity contribution in [1.29, 1.82) is 0 Å². The summed E-state index contributed by atoms with van der Waals surface area (Å²) in [6, 6.07) is 9.93. The zero-order chi connectivity index (χ0) is 20.3. The summed E-state index contributed by atoms with van der Waals surface area (Å²) in [5.74, 6) is -0.891. The Bertz CT molecular complexity index is 803. The third-order valence-corrected chi connectivity index (χ3v) is 4.14. The minimum Gasteiger partial charge on any atom is -0.618 e. The average Bonchev–Trinajstić information content (AvgIpc) is 3.62. The van der Waals surface area contributed by atoms with Crippen molar-refractivity contribution < 1.29 is 38.0 Å². The number of methoxy groups -OCH3 is 2. The monoisotopic (exact) mass is 390 g/mol. The van der Waals surface area contributed by atoms with Gasteiger partial charge in [-0.3, -0.25) is 0 Å². The molecule has 0 bridgehead atoms. The Morgan fingerprint density at radius 3 is 1.54 bits per heavy atom. The van der Waals surface area contributed by atoms with Gasteiger partial charge in [0.15, 0.2) is 36.8 Å². The molecule has 28 heavy (non-hydrogen) atoms. The number of aromatic nitrogens is 2. The lowest BCUT2D eigenvalue weighted by Gasteiger charge is -1.99. The Kier molecular flexibility index (Phi) is 5.71. The second-order valence-electron chi connectivity index (χ2n) is 5.90. The normalized spacial score (nSPS) is 24.4. The van der Waals surface area contributed by atoms with Crippen molar-refractivity contribution in [2.24, 2.45) is 0 Å². The van der Waals surface area contributed by atoms with E-state index in [4.69, 9.17) is 9.47 Å². The van der Waals surface area contributed by atoms with E-state index in [2.05, 4.69) is 9.47 Å². The van der Waals surface area contributed by atoms with Crippen molar-refractivity contribution >= 4 is 11.9 Å². The van der Waals surface area contributed by atoms with E-state index >= 15 is 0 Å². The van der Waals surface area contributed by atoms with Crippen LogP contribution in [0.1, 0.15) is 23.6 Å². The van der Waals surface area contributed by atoms with Crippen LogP contribution in [-0.2, 0) is 28.5 Å². The van der Waals surface area contributed by atoms with E-state index in [9.17, 15) is 20.0 Å². The second kappa shape index (κ2) is 8.19. The van der Waals surface area contributed by atoms with Crippen molar-refractivity contribution in [2.45, 2.75) is 24.4 Å². The zero-order valence-corrected chi connectivity index (χ0v) is 15.1. The maximum absolute atomic E-state index is 11.2. The Morgan fingerprint density at radius 2 is 1.21 bits per heavy atom. The summed E-state index contributed by atoms with van der Waals surface area (Å²) in [6.45, 7) is 0. The molecule has 4 atom stereocenters. The third-order valence-electron chi connectivity index (χ3n) is 4.14. The van der Waals surface area contributed by atoms with Crippen LogP contribution in [0.15, 0.2) is 48.8 Å². The number of pyridine rings is 2. The first-order valence-electron chi connectivity index (χ1n) is 8.30. The Morgan fingerprint density at radius 1 is 0.821 bits per heavy atom. The number of hydrogen-bond acceptors (Lipinski definition) is 8. The van der Waals surface area contributed by atoms with Crippen LogP contribution in [0.25, 0.3) is 0 Å². The van der Waals surface area contributed by atoms with Gasteiger partial charge in [-0.15, -0.1) is 0 Å². The topological polar surface area (TPSA) is 132 Å². The number of epoxide rings is 2. The Hall–Kier alpha value is -3.24. The second-order valence-corrected chi connectivity index (χ2v) is 5.90. The summed E-state index contributed by atoms with van der Waals surface area (Å²) < 4.78 is 20.4.